The molecule has 1 unspecified atom stereocenters. The van der Waals surface area contributed by atoms with Gasteiger partial charge in [-0.25, -0.2) is 4.99 Å². The molecule has 7 nitrogen and oxygen atoms in total. The van der Waals surface area contributed by atoms with Crippen molar-refractivity contribution in [1.29, 1.82) is 0 Å². The second kappa shape index (κ2) is 10.9. The molecule has 0 aliphatic carbocycles. The number of hydrogen-bond donors (Lipinski definition) is 2. The van der Waals surface area contributed by atoms with E-state index < -0.39 is 0 Å². The number of guanidine groups is 1. The van der Waals surface area contributed by atoms with Gasteiger partial charge in [-0.2, -0.15) is 0 Å². The number of nitro benzene ring substituents is 1. The van der Waals surface area contributed by atoms with Crippen LogP contribution in [0.3, 0.4) is 0 Å². The fourth-order valence-corrected chi connectivity index (χ4v) is 3.17. The van der Waals surface area contributed by atoms with Crippen LogP contribution in [0.25, 0.3) is 0 Å². The minimum absolute atomic E-state index is 0.109. The molecule has 1 heterocycles. The highest BCUT2D eigenvalue weighted by atomic mass is 16.6. The van der Waals surface area contributed by atoms with Crippen molar-refractivity contribution < 1.29 is 4.92 Å². The quantitative estimate of drug-likeness (QED) is 0.315. The zero-order chi connectivity index (χ0) is 19.6. The van der Waals surface area contributed by atoms with Gasteiger partial charge in [-0.15, -0.1) is 0 Å². The largest absolute Gasteiger partial charge is 0.354 e. The van der Waals surface area contributed by atoms with Gasteiger partial charge in [-0.1, -0.05) is 26.0 Å². The molecule has 0 spiro atoms. The Bertz CT molecular complexity index is 609. The first kappa shape index (κ1) is 21.2. The van der Waals surface area contributed by atoms with Crippen molar-refractivity contribution >= 4 is 11.6 Å². The summed E-state index contributed by atoms with van der Waals surface area (Å²) in [4.78, 5) is 17.6. The van der Waals surface area contributed by atoms with Crippen molar-refractivity contribution in [3.8, 4) is 0 Å². The molecule has 1 atom stereocenters. The lowest BCUT2D eigenvalue weighted by molar-refractivity contribution is -0.384. The molecule has 0 radical (unpaired) electrons. The van der Waals surface area contributed by atoms with Crippen molar-refractivity contribution in [1.82, 2.24) is 15.5 Å². The normalized spacial score (nSPS) is 17.5. The Morgan fingerprint density at radius 2 is 1.96 bits per heavy atom. The molecule has 2 rings (SSSR count). The van der Waals surface area contributed by atoms with Crippen LogP contribution in [0.4, 0.5) is 5.69 Å². The monoisotopic (exact) mass is 375 g/mol. The third kappa shape index (κ3) is 7.17. The third-order valence-corrected chi connectivity index (χ3v) is 5.03. The van der Waals surface area contributed by atoms with Crippen molar-refractivity contribution in [2.45, 2.75) is 65.1 Å². The summed E-state index contributed by atoms with van der Waals surface area (Å²) in [7, 11) is 0. The highest BCUT2D eigenvalue weighted by Gasteiger charge is 2.19. The fraction of sp³-hybridized carbons (Fsp3) is 0.650. The van der Waals surface area contributed by atoms with E-state index in [0.717, 1.165) is 43.9 Å². The summed E-state index contributed by atoms with van der Waals surface area (Å²) in [5.74, 6) is 0.830. The Hall–Kier alpha value is -2.15. The van der Waals surface area contributed by atoms with Gasteiger partial charge < -0.3 is 15.5 Å². The van der Waals surface area contributed by atoms with Crippen LogP contribution in [-0.2, 0) is 6.54 Å². The second-order valence-corrected chi connectivity index (χ2v) is 7.30. The Balaban J connectivity index is 1.96. The molecule has 0 saturated carbocycles. The first-order chi connectivity index (χ1) is 13.0. The third-order valence-electron chi connectivity index (χ3n) is 5.03. The van der Waals surface area contributed by atoms with E-state index in [9.17, 15) is 10.1 Å². The number of non-ortho nitro benzene ring substituents is 1. The van der Waals surface area contributed by atoms with Crippen LogP contribution in [0.1, 0.15) is 52.0 Å². The van der Waals surface area contributed by atoms with Crippen LogP contribution in [0.2, 0.25) is 0 Å². The molecule has 150 valence electrons. The van der Waals surface area contributed by atoms with Gasteiger partial charge >= 0.3 is 0 Å². The van der Waals surface area contributed by atoms with E-state index in [1.54, 1.807) is 12.1 Å². The number of rotatable bonds is 8. The number of likely N-dealkylation sites (tertiary alicyclic amines) is 1. The maximum Gasteiger partial charge on any atom is 0.269 e. The van der Waals surface area contributed by atoms with Crippen molar-refractivity contribution in [2.75, 3.05) is 19.6 Å². The summed E-state index contributed by atoms with van der Waals surface area (Å²) >= 11 is 0. The topological polar surface area (TPSA) is 82.8 Å². The Morgan fingerprint density at radius 3 is 2.52 bits per heavy atom. The molecule has 2 N–H and O–H groups in total. The first-order valence-electron chi connectivity index (χ1n) is 10.0. The number of benzene rings is 1. The molecular formula is C20H33N5O2. The predicted octanol–water partition coefficient (Wildman–Crippen LogP) is 3.30. The minimum Gasteiger partial charge on any atom is -0.354 e. The van der Waals surface area contributed by atoms with E-state index >= 15 is 0 Å². The molecule has 0 aromatic heterocycles. The second-order valence-electron chi connectivity index (χ2n) is 7.30. The lowest BCUT2D eigenvalue weighted by Crippen LogP contribution is -2.50. The zero-order valence-electron chi connectivity index (χ0n) is 16.8. The summed E-state index contributed by atoms with van der Waals surface area (Å²) in [5, 5.41) is 17.8. The number of nitro groups is 1. The van der Waals surface area contributed by atoms with Gasteiger partial charge in [0.1, 0.15) is 0 Å². The Morgan fingerprint density at radius 1 is 1.30 bits per heavy atom. The number of hydrogen-bond acceptors (Lipinski definition) is 4. The van der Waals surface area contributed by atoms with E-state index in [2.05, 4.69) is 36.3 Å². The first-order valence-corrected chi connectivity index (χ1v) is 10.0. The van der Waals surface area contributed by atoms with Gasteiger partial charge in [0.2, 0.25) is 0 Å². The average molecular weight is 376 g/mol. The molecule has 1 aliphatic rings. The maximum atomic E-state index is 10.8. The summed E-state index contributed by atoms with van der Waals surface area (Å²) < 4.78 is 0. The maximum absolute atomic E-state index is 10.8. The summed E-state index contributed by atoms with van der Waals surface area (Å²) in [6, 6.07) is 7.38. The smallest absolute Gasteiger partial charge is 0.269 e. The van der Waals surface area contributed by atoms with Gasteiger partial charge in [0.25, 0.3) is 5.69 Å². The van der Waals surface area contributed by atoms with E-state index in [0.29, 0.717) is 18.6 Å². The molecule has 1 aliphatic heterocycles. The minimum atomic E-state index is -0.380. The predicted molar refractivity (Wildman–Crippen MR) is 110 cm³/mol. The number of piperidine rings is 1. The van der Waals surface area contributed by atoms with E-state index in [-0.39, 0.29) is 10.6 Å². The Labute approximate surface area is 162 Å². The van der Waals surface area contributed by atoms with Crippen LogP contribution >= 0.6 is 0 Å². The average Bonchev–Trinajstić information content (AvgIpc) is 2.68. The van der Waals surface area contributed by atoms with Crippen LogP contribution in [0.15, 0.2) is 29.3 Å². The van der Waals surface area contributed by atoms with E-state index in [4.69, 9.17) is 4.99 Å². The van der Waals surface area contributed by atoms with Crippen molar-refractivity contribution in [2.24, 2.45) is 4.99 Å². The van der Waals surface area contributed by atoms with Crippen molar-refractivity contribution in [3.63, 3.8) is 0 Å². The number of aliphatic imine (C=N–C) groups is 1. The van der Waals surface area contributed by atoms with Gasteiger partial charge in [0.05, 0.1) is 11.5 Å². The van der Waals surface area contributed by atoms with Gasteiger partial charge in [-0.3, -0.25) is 10.1 Å². The highest BCUT2D eigenvalue weighted by Crippen LogP contribution is 2.13. The van der Waals surface area contributed by atoms with E-state index in [1.807, 2.05) is 0 Å². The molecular weight excluding hydrogens is 342 g/mol. The standard InChI is InChI=1S/C20H33N5O2/c1-4-12-24-13-10-18(11-14-24)23-20(22-16(3)5-2)21-15-17-6-8-19(9-7-17)25(26)27/h6-9,16,18H,4-5,10-15H2,1-3H3,(H2,21,22,23). The number of nitrogens with one attached hydrogen (secondary N) is 2. The molecule has 1 aromatic rings. The van der Waals surface area contributed by atoms with Gasteiger partial charge in [0, 0.05) is 37.3 Å². The van der Waals surface area contributed by atoms with Crippen LogP contribution < -0.4 is 10.6 Å². The van der Waals surface area contributed by atoms with Crippen LogP contribution in [0, 0.1) is 10.1 Å². The number of nitrogens with zero attached hydrogens (tertiary/aromatic N) is 3. The molecule has 1 aromatic carbocycles. The molecule has 1 fully saturated rings. The molecule has 0 amide bonds. The van der Waals surface area contributed by atoms with Crippen LogP contribution in [-0.4, -0.2) is 47.5 Å². The van der Waals surface area contributed by atoms with Gasteiger partial charge in [0.15, 0.2) is 5.96 Å². The van der Waals surface area contributed by atoms with E-state index in [1.165, 1.54) is 25.1 Å². The molecule has 0 bridgehead atoms. The summed E-state index contributed by atoms with van der Waals surface area (Å²) in [6.45, 7) is 10.5. The van der Waals surface area contributed by atoms with Crippen LogP contribution in [0.5, 0.6) is 0 Å². The fourth-order valence-electron chi connectivity index (χ4n) is 3.17. The summed E-state index contributed by atoms with van der Waals surface area (Å²) in [5.41, 5.74) is 1.07. The Kier molecular flexibility index (Phi) is 8.51. The lowest BCUT2D eigenvalue weighted by atomic mass is 10.1. The molecule has 1 saturated heterocycles. The summed E-state index contributed by atoms with van der Waals surface area (Å²) in [6.07, 6.45) is 4.47. The lowest BCUT2D eigenvalue weighted by Gasteiger charge is -2.33. The van der Waals surface area contributed by atoms with Crippen molar-refractivity contribution in [3.05, 3.63) is 39.9 Å². The molecule has 27 heavy (non-hydrogen) atoms. The SMILES string of the molecule is CCCN1CCC(NC(=NCc2ccc([N+](=O)[O-])cc2)NC(C)CC)CC1. The highest BCUT2D eigenvalue weighted by molar-refractivity contribution is 5.80. The molecule has 7 heteroatoms. The van der Waals surface area contributed by atoms with Gasteiger partial charge in [-0.05, 0) is 44.7 Å². The zero-order valence-corrected chi connectivity index (χ0v) is 16.8.